The molecule has 1 aliphatic rings. The number of hydrogen-bond acceptors (Lipinski definition) is 4. The second-order valence-electron chi connectivity index (χ2n) is 6.81. The summed E-state index contributed by atoms with van der Waals surface area (Å²) in [5, 5.41) is 0. The number of sulfonamides is 1. The fourth-order valence-electron chi connectivity index (χ4n) is 3.30. The summed E-state index contributed by atoms with van der Waals surface area (Å²) < 4.78 is 33.0. The molecule has 2 aromatic rings. The van der Waals surface area contributed by atoms with Crippen LogP contribution in [0.3, 0.4) is 0 Å². The minimum atomic E-state index is -3.63. The number of rotatable bonds is 7. The second-order valence-corrected chi connectivity index (χ2v) is 8.55. The van der Waals surface area contributed by atoms with Crippen molar-refractivity contribution in [2.24, 2.45) is 5.92 Å². The average Bonchev–Trinajstić information content (AvgIpc) is 3.00. The highest BCUT2D eigenvalue weighted by molar-refractivity contribution is 7.89. The Balaban J connectivity index is 1.60. The van der Waals surface area contributed by atoms with Crippen molar-refractivity contribution in [1.29, 1.82) is 0 Å². The van der Waals surface area contributed by atoms with Crippen LogP contribution in [0, 0.1) is 12.8 Å². The van der Waals surface area contributed by atoms with Crippen molar-refractivity contribution < 1.29 is 17.9 Å². The Morgan fingerprint density at radius 1 is 1.19 bits per heavy atom. The molecule has 0 spiro atoms. The Bertz CT molecular complexity index is 913. The van der Waals surface area contributed by atoms with Crippen LogP contribution in [0.4, 0.5) is 0 Å². The lowest BCUT2D eigenvalue weighted by Crippen LogP contribution is -2.31. The number of nitrogens with one attached hydrogen (secondary N) is 1. The number of aryl methyl sites for hydroxylation is 1. The summed E-state index contributed by atoms with van der Waals surface area (Å²) in [6, 6.07) is 14.6. The highest BCUT2D eigenvalue weighted by Gasteiger charge is 2.30. The molecule has 0 bridgehead atoms. The fourth-order valence-corrected chi connectivity index (χ4v) is 4.64. The molecule has 2 aromatic carbocycles. The van der Waals surface area contributed by atoms with Crippen molar-refractivity contribution in [3.63, 3.8) is 0 Å². The van der Waals surface area contributed by atoms with Crippen molar-refractivity contribution in [3.8, 4) is 5.75 Å². The van der Waals surface area contributed by atoms with Gasteiger partial charge in [-0.15, -0.1) is 0 Å². The normalized spacial score (nSPS) is 17.3. The molecule has 0 radical (unpaired) electrons. The molecule has 0 aliphatic carbocycles. The molecule has 1 N–H and O–H groups in total. The number of carbonyl (C=O) groups excluding carboxylic acids is 1. The minimum absolute atomic E-state index is 0.0328. The summed E-state index contributed by atoms with van der Waals surface area (Å²) in [5.74, 6) is 0.641. The maximum absolute atomic E-state index is 12.6. The number of ether oxygens (including phenoxy) is 1. The third-order valence-electron chi connectivity index (χ3n) is 4.74. The van der Waals surface area contributed by atoms with Gasteiger partial charge in [-0.05, 0) is 42.2 Å². The number of hydrogen-bond donors (Lipinski definition) is 1. The van der Waals surface area contributed by atoms with Crippen LogP contribution >= 0.6 is 0 Å². The lowest BCUT2D eigenvalue weighted by Gasteiger charge is -2.17. The molecule has 27 heavy (non-hydrogen) atoms. The van der Waals surface area contributed by atoms with Crippen LogP contribution in [-0.4, -0.2) is 39.4 Å². The first kappa shape index (κ1) is 19.4. The van der Waals surface area contributed by atoms with E-state index in [9.17, 15) is 13.2 Å². The molecular formula is C20H24N2O4S. The predicted molar refractivity (Wildman–Crippen MR) is 103 cm³/mol. The van der Waals surface area contributed by atoms with Crippen molar-refractivity contribution >= 4 is 15.9 Å². The highest BCUT2D eigenvalue weighted by atomic mass is 32.2. The molecule has 0 saturated carbocycles. The molecule has 144 valence electrons. The van der Waals surface area contributed by atoms with Gasteiger partial charge in [0, 0.05) is 26.1 Å². The molecule has 1 heterocycles. The number of likely N-dealkylation sites (tertiary alicyclic amines) is 1. The topological polar surface area (TPSA) is 75.7 Å². The third-order valence-corrected chi connectivity index (χ3v) is 6.33. The van der Waals surface area contributed by atoms with Gasteiger partial charge in [0.15, 0.2) is 0 Å². The molecule has 1 fully saturated rings. The zero-order valence-electron chi connectivity index (χ0n) is 15.5. The lowest BCUT2D eigenvalue weighted by atomic mass is 10.1. The number of methoxy groups -OCH3 is 1. The monoisotopic (exact) mass is 388 g/mol. The van der Waals surface area contributed by atoms with E-state index in [1.165, 1.54) is 6.07 Å². The van der Waals surface area contributed by atoms with Gasteiger partial charge in [0.25, 0.3) is 0 Å². The van der Waals surface area contributed by atoms with Gasteiger partial charge in [-0.1, -0.05) is 30.3 Å². The molecule has 1 unspecified atom stereocenters. The summed E-state index contributed by atoms with van der Waals surface area (Å²) >= 11 is 0. The molecular weight excluding hydrogens is 364 g/mol. The van der Waals surface area contributed by atoms with E-state index >= 15 is 0 Å². The molecule has 1 aliphatic heterocycles. The molecule has 6 nitrogen and oxygen atoms in total. The maximum Gasteiger partial charge on any atom is 0.240 e. The second kappa shape index (κ2) is 8.10. The number of amides is 1. The minimum Gasteiger partial charge on any atom is -0.497 e. The van der Waals surface area contributed by atoms with Crippen molar-refractivity contribution in [1.82, 2.24) is 9.62 Å². The highest BCUT2D eigenvalue weighted by Crippen LogP contribution is 2.23. The van der Waals surface area contributed by atoms with E-state index in [4.69, 9.17) is 4.74 Å². The first-order valence-corrected chi connectivity index (χ1v) is 10.3. The zero-order valence-corrected chi connectivity index (χ0v) is 16.3. The van der Waals surface area contributed by atoms with E-state index in [1.54, 1.807) is 31.1 Å². The van der Waals surface area contributed by atoms with E-state index in [1.807, 2.05) is 30.3 Å². The zero-order chi connectivity index (χ0) is 19.4. The van der Waals surface area contributed by atoms with Gasteiger partial charge in [-0.2, -0.15) is 0 Å². The Morgan fingerprint density at radius 3 is 2.59 bits per heavy atom. The van der Waals surface area contributed by atoms with Gasteiger partial charge in [-0.25, -0.2) is 13.1 Å². The van der Waals surface area contributed by atoms with Crippen LogP contribution in [0.2, 0.25) is 0 Å². The van der Waals surface area contributed by atoms with E-state index in [2.05, 4.69) is 4.72 Å². The van der Waals surface area contributed by atoms with Crippen LogP contribution < -0.4 is 9.46 Å². The maximum atomic E-state index is 12.6. The van der Waals surface area contributed by atoms with Crippen LogP contribution in [0.1, 0.15) is 17.5 Å². The predicted octanol–water partition coefficient (Wildman–Crippen LogP) is 2.33. The molecule has 3 rings (SSSR count). The van der Waals surface area contributed by atoms with Crippen molar-refractivity contribution in [2.45, 2.75) is 24.8 Å². The SMILES string of the molecule is COc1ccc(S(=O)(=O)NCC2CC(=O)N(Cc3ccccc3)C2)c(C)c1. The first-order valence-electron chi connectivity index (χ1n) is 8.85. The Hall–Kier alpha value is -2.38. The van der Waals surface area contributed by atoms with E-state index in [0.29, 0.717) is 30.8 Å². The standard InChI is InChI=1S/C20H24N2O4S/c1-15-10-18(26-2)8-9-19(15)27(24,25)21-12-17-11-20(23)22(14-17)13-16-6-4-3-5-7-16/h3-10,17,21H,11-14H2,1-2H3. The van der Waals surface area contributed by atoms with Crippen LogP contribution in [0.5, 0.6) is 5.75 Å². The molecule has 1 atom stereocenters. The van der Waals surface area contributed by atoms with Crippen LogP contribution in [0.25, 0.3) is 0 Å². The van der Waals surface area contributed by atoms with Gasteiger partial charge in [0.2, 0.25) is 15.9 Å². The quantitative estimate of drug-likeness (QED) is 0.790. The fraction of sp³-hybridized carbons (Fsp3) is 0.350. The smallest absolute Gasteiger partial charge is 0.240 e. The summed E-state index contributed by atoms with van der Waals surface area (Å²) in [7, 11) is -2.09. The van der Waals surface area contributed by atoms with Crippen LogP contribution in [0.15, 0.2) is 53.4 Å². The van der Waals surface area contributed by atoms with E-state index < -0.39 is 10.0 Å². The molecule has 7 heteroatoms. The average molecular weight is 388 g/mol. The Morgan fingerprint density at radius 2 is 1.93 bits per heavy atom. The Kier molecular flexibility index (Phi) is 5.82. The van der Waals surface area contributed by atoms with Crippen molar-refractivity contribution in [3.05, 3.63) is 59.7 Å². The summed E-state index contributed by atoms with van der Waals surface area (Å²) in [5.41, 5.74) is 1.69. The lowest BCUT2D eigenvalue weighted by molar-refractivity contribution is -0.128. The number of benzene rings is 2. The molecule has 1 saturated heterocycles. The van der Waals surface area contributed by atoms with Gasteiger partial charge < -0.3 is 9.64 Å². The van der Waals surface area contributed by atoms with E-state index in [0.717, 1.165) is 5.56 Å². The Labute approximate surface area is 160 Å². The van der Waals surface area contributed by atoms with Gasteiger partial charge in [0.1, 0.15) is 5.75 Å². The van der Waals surface area contributed by atoms with Crippen LogP contribution in [-0.2, 0) is 21.4 Å². The van der Waals surface area contributed by atoms with Gasteiger partial charge in [0.05, 0.1) is 12.0 Å². The summed E-state index contributed by atoms with van der Waals surface area (Å²) in [6.07, 6.45) is 0.358. The number of nitrogens with zero attached hydrogens (tertiary/aromatic N) is 1. The van der Waals surface area contributed by atoms with Gasteiger partial charge in [-0.3, -0.25) is 4.79 Å². The summed E-state index contributed by atoms with van der Waals surface area (Å²) in [6.45, 7) is 3.08. The van der Waals surface area contributed by atoms with Gasteiger partial charge >= 0.3 is 0 Å². The van der Waals surface area contributed by atoms with E-state index in [-0.39, 0.29) is 23.3 Å². The molecule has 0 aromatic heterocycles. The third kappa shape index (κ3) is 4.67. The largest absolute Gasteiger partial charge is 0.497 e. The summed E-state index contributed by atoms with van der Waals surface area (Å²) in [4.78, 5) is 14.3. The number of carbonyl (C=O) groups is 1. The first-order chi connectivity index (χ1) is 12.9. The van der Waals surface area contributed by atoms with Crippen molar-refractivity contribution in [2.75, 3.05) is 20.2 Å². The molecule has 1 amide bonds.